The number of rotatable bonds is 6. The molecule has 0 saturated carbocycles. The number of nitrogens with zero attached hydrogens (tertiary/aromatic N) is 3. The molecule has 0 aliphatic rings. The topological polar surface area (TPSA) is 41.3 Å². The van der Waals surface area contributed by atoms with E-state index in [0.29, 0.717) is 5.92 Å². The van der Waals surface area contributed by atoms with Crippen LogP contribution in [0.4, 0.5) is 5.82 Å². The Bertz CT molecular complexity index is 360. The van der Waals surface area contributed by atoms with Crippen LogP contribution in [0, 0.1) is 12.8 Å². The average Bonchev–Trinajstić information content (AvgIpc) is 2.60. The Morgan fingerprint density at radius 1 is 1.41 bits per heavy atom. The van der Waals surface area contributed by atoms with Crippen molar-refractivity contribution >= 4 is 5.82 Å². The van der Waals surface area contributed by atoms with Gasteiger partial charge in [-0.3, -0.25) is 4.68 Å². The quantitative estimate of drug-likeness (QED) is 0.826. The summed E-state index contributed by atoms with van der Waals surface area (Å²) >= 11 is 0. The monoisotopic (exact) mass is 239 g/mol. The van der Waals surface area contributed by atoms with Crippen LogP contribution in [0.2, 0.25) is 0 Å². The second-order valence-electron chi connectivity index (χ2n) is 4.72. The minimum absolute atomic E-state index is 0.0615. The summed E-state index contributed by atoms with van der Waals surface area (Å²) in [6.45, 7) is 10.6. The number of aliphatic hydroxyl groups is 1. The first-order valence-electron chi connectivity index (χ1n) is 6.43. The zero-order valence-corrected chi connectivity index (χ0v) is 11.7. The molecular weight excluding hydrogens is 214 g/mol. The Kier molecular flexibility index (Phi) is 5.00. The van der Waals surface area contributed by atoms with Crippen molar-refractivity contribution in [3.05, 3.63) is 11.3 Å². The molecule has 0 aliphatic heterocycles. The minimum Gasteiger partial charge on any atom is -0.391 e. The van der Waals surface area contributed by atoms with Gasteiger partial charge in [-0.1, -0.05) is 20.3 Å². The van der Waals surface area contributed by atoms with E-state index in [9.17, 15) is 5.11 Å². The zero-order chi connectivity index (χ0) is 13.0. The fourth-order valence-corrected chi connectivity index (χ4v) is 2.14. The molecule has 1 aromatic heterocycles. The van der Waals surface area contributed by atoms with Crippen molar-refractivity contribution in [2.24, 2.45) is 13.0 Å². The van der Waals surface area contributed by atoms with E-state index in [4.69, 9.17) is 0 Å². The van der Waals surface area contributed by atoms with E-state index in [2.05, 4.69) is 30.8 Å². The molecule has 1 atom stereocenters. The summed E-state index contributed by atoms with van der Waals surface area (Å²) in [5.41, 5.74) is 1.88. The molecule has 0 amide bonds. The molecule has 1 N–H and O–H groups in total. The summed E-state index contributed by atoms with van der Waals surface area (Å²) in [7, 11) is 1.95. The first-order chi connectivity index (χ1) is 8.04. The van der Waals surface area contributed by atoms with Gasteiger partial charge in [0.25, 0.3) is 0 Å². The maximum atomic E-state index is 9.47. The molecule has 1 unspecified atom stereocenters. The molecule has 4 heteroatoms. The van der Waals surface area contributed by atoms with E-state index < -0.39 is 0 Å². The van der Waals surface area contributed by atoms with Gasteiger partial charge in [0.1, 0.15) is 5.82 Å². The van der Waals surface area contributed by atoms with Crippen LogP contribution >= 0.6 is 0 Å². The summed E-state index contributed by atoms with van der Waals surface area (Å²) in [6.07, 6.45) is 1.17. The van der Waals surface area contributed by atoms with Crippen molar-refractivity contribution < 1.29 is 5.11 Å². The van der Waals surface area contributed by atoms with Crippen molar-refractivity contribution in [1.82, 2.24) is 9.78 Å². The third-order valence-corrected chi connectivity index (χ3v) is 3.38. The van der Waals surface area contributed by atoms with Gasteiger partial charge in [-0.05, 0) is 19.8 Å². The molecule has 4 nitrogen and oxygen atoms in total. The first-order valence-corrected chi connectivity index (χ1v) is 6.43. The number of aromatic nitrogens is 2. The standard InChI is InChI=1S/C13H25N3O/c1-6-10(3)8-16(7-2)13-12(9-17)11(4)14-15(13)5/h10,17H,6-9H2,1-5H3. The molecule has 0 saturated heterocycles. The zero-order valence-electron chi connectivity index (χ0n) is 11.7. The number of anilines is 1. The Hall–Kier alpha value is -1.03. The molecule has 0 aliphatic carbocycles. The summed E-state index contributed by atoms with van der Waals surface area (Å²) < 4.78 is 1.88. The smallest absolute Gasteiger partial charge is 0.132 e. The second-order valence-corrected chi connectivity index (χ2v) is 4.72. The summed E-state index contributed by atoms with van der Waals surface area (Å²) in [4.78, 5) is 2.31. The van der Waals surface area contributed by atoms with E-state index in [1.54, 1.807) is 0 Å². The molecule has 1 heterocycles. The van der Waals surface area contributed by atoms with Crippen LogP contribution in [0.1, 0.15) is 38.4 Å². The van der Waals surface area contributed by atoms with Crippen LogP contribution in [-0.4, -0.2) is 28.0 Å². The van der Waals surface area contributed by atoms with Gasteiger partial charge in [-0.25, -0.2) is 0 Å². The molecule has 0 aromatic carbocycles. The minimum atomic E-state index is 0.0615. The Balaban J connectivity index is 3.02. The molecule has 17 heavy (non-hydrogen) atoms. The van der Waals surface area contributed by atoms with Gasteiger partial charge in [0.05, 0.1) is 12.3 Å². The number of aliphatic hydroxyl groups excluding tert-OH is 1. The molecule has 0 bridgehead atoms. The Labute approximate surface area is 104 Å². The average molecular weight is 239 g/mol. The van der Waals surface area contributed by atoms with Crippen LogP contribution in [0.3, 0.4) is 0 Å². The van der Waals surface area contributed by atoms with E-state index in [0.717, 1.165) is 30.2 Å². The SMILES string of the molecule is CCC(C)CN(CC)c1c(CO)c(C)nn1C. The number of hydrogen-bond acceptors (Lipinski definition) is 3. The van der Waals surface area contributed by atoms with Crippen molar-refractivity contribution in [2.75, 3.05) is 18.0 Å². The van der Waals surface area contributed by atoms with Crippen molar-refractivity contribution in [3.8, 4) is 0 Å². The fourth-order valence-electron chi connectivity index (χ4n) is 2.14. The van der Waals surface area contributed by atoms with E-state index in [1.807, 2.05) is 18.7 Å². The van der Waals surface area contributed by atoms with Gasteiger partial charge in [-0.2, -0.15) is 5.10 Å². The molecule has 1 aromatic rings. The highest BCUT2D eigenvalue weighted by atomic mass is 16.3. The molecule has 0 fully saturated rings. The highest BCUT2D eigenvalue weighted by molar-refractivity contribution is 5.49. The molecule has 98 valence electrons. The predicted molar refractivity (Wildman–Crippen MR) is 71.2 cm³/mol. The summed E-state index contributed by atoms with van der Waals surface area (Å²) in [5, 5.41) is 13.9. The molecule has 0 radical (unpaired) electrons. The molecular formula is C13H25N3O. The second kappa shape index (κ2) is 6.05. The van der Waals surface area contributed by atoms with Gasteiger partial charge >= 0.3 is 0 Å². The van der Waals surface area contributed by atoms with Crippen LogP contribution in [0.25, 0.3) is 0 Å². The van der Waals surface area contributed by atoms with Crippen LogP contribution < -0.4 is 4.90 Å². The van der Waals surface area contributed by atoms with E-state index >= 15 is 0 Å². The normalized spacial score (nSPS) is 12.8. The largest absolute Gasteiger partial charge is 0.391 e. The lowest BCUT2D eigenvalue weighted by molar-refractivity contribution is 0.281. The maximum absolute atomic E-state index is 9.47. The fraction of sp³-hybridized carbons (Fsp3) is 0.769. The van der Waals surface area contributed by atoms with Gasteiger partial charge in [0.2, 0.25) is 0 Å². The number of aryl methyl sites for hydroxylation is 2. The third kappa shape index (κ3) is 3.00. The van der Waals surface area contributed by atoms with Crippen LogP contribution in [0.15, 0.2) is 0 Å². The van der Waals surface area contributed by atoms with Crippen molar-refractivity contribution in [2.45, 2.75) is 40.7 Å². The predicted octanol–water partition coefficient (Wildman–Crippen LogP) is 2.09. The van der Waals surface area contributed by atoms with E-state index in [-0.39, 0.29) is 6.61 Å². The lowest BCUT2D eigenvalue weighted by atomic mass is 10.1. The van der Waals surface area contributed by atoms with Crippen molar-refractivity contribution in [1.29, 1.82) is 0 Å². The van der Waals surface area contributed by atoms with Gasteiger partial charge in [0, 0.05) is 25.7 Å². The van der Waals surface area contributed by atoms with E-state index in [1.165, 1.54) is 6.42 Å². The van der Waals surface area contributed by atoms with Crippen LogP contribution in [-0.2, 0) is 13.7 Å². The van der Waals surface area contributed by atoms with Crippen molar-refractivity contribution in [3.63, 3.8) is 0 Å². The molecule has 0 spiro atoms. The number of hydrogen-bond donors (Lipinski definition) is 1. The lowest BCUT2D eigenvalue weighted by Gasteiger charge is -2.27. The van der Waals surface area contributed by atoms with Gasteiger partial charge in [-0.15, -0.1) is 0 Å². The van der Waals surface area contributed by atoms with Gasteiger partial charge < -0.3 is 10.0 Å². The van der Waals surface area contributed by atoms with Crippen LogP contribution in [0.5, 0.6) is 0 Å². The highest BCUT2D eigenvalue weighted by Crippen LogP contribution is 2.24. The Morgan fingerprint density at radius 3 is 2.53 bits per heavy atom. The van der Waals surface area contributed by atoms with Gasteiger partial charge in [0.15, 0.2) is 0 Å². The first kappa shape index (κ1) is 14.0. The lowest BCUT2D eigenvalue weighted by Crippen LogP contribution is -2.30. The third-order valence-electron chi connectivity index (χ3n) is 3.38. The highest BCUT2D eigenvalue weighted by Gasteiger charge is 2.18. The summed E-state index contributed by atoms with van der Waals surface area (Å²) in [6, 6.07) is 0. The maximum Gasteiger partial charge on any atom is 0.132 e. The molecule has 1 rings (SSSR count). The Morgan fingerprint density at radius 2 is 2.06 bits per heavy atom. The summed E-state index contributed by atoms with van der Waals surface area (Å²) in [5.74, 6) is 1.71.